The summed E-state index contributed by atoms with van der Waals surface area (Å²) in [6, 6.07) is 8.36. The maximum Gasteiger partial charge on any atom is 0.328 e. The molecule has 4 aliphatic carbocycles. The third-order valence-electron chi connectivity index (χ3n) is 10.4. The summed E-state index contributed by atoms with van der Waals surface area (Å²) in [5.74, 6) is 0.849. The number of piperidine rings is 1. The van der Waals surface area contributed by atoms with Crippen LogP contribution in [0.1, 0.15) is 51.9 Å². The Kier molecular flexibility index (Phi) is 7.12. The van der Waals surface area contributed by atoms with Gasteiger partial charge in [-0.15, -0.1) is 0 Å². The summed E-state index contributed by atoms with van der Waals surface area (Å²) in [7, 11) is 0. The Bertz CT molecular complexity index is 1120. The molecule has 3 N–H and O–H groups in total. The summed E-state index contributed by atoms with van der Waals surface area (Å²) in [5, 5.41) is 15.3. The van der Waals surface area contributed by atoms with E-state index in [1.54, 1.807) is 4.90 Å². The van der Waals surface area contributed by atoms with Crippen LogP contribution in [0.15, 0.2) is 30.3 Å². The van der Waals surface area contributed by atoms with Crippen LogP contribution in [0.3, 0.4) is 0 Å². The molecule has 6 aliphatic rings. The molecule has 1 spiro atoms. The van der Waals surface area contributed by atoms with Crippen molar-refractivity contribution in [3.63, 3.8) is 0 Å². The molecule has 10 heteroatoms. The number of carboxylic acids is 1. The summed E-state index contributed by atoms with van der Waals surface area (Å²) < 4.78 is 0. The first-order chi connectivity index (χ1) is 19.3. The number of likely N-dealkylation sites (tertiary alicyclic amines) is 1. The van der Waals surface area contributed by atoms with E-state index in [1.807, 2.05) is 42.2 Å². The molecule has 6 fully saturated rings. The van der Waals surface area contributed by atoms with Crippen LogP contribution in [-0.2, 0) is 14.4 Å². The molecule has 4 bridgehead atoms. The van der Waals surface area contributed by atoms with Crippen LogP contribution < -0.4 is 15.5 Å². The smallest absolute Gasteiger partial charge is 0.328 e. The summed E-state index contributed by atoms with van der Waals surface area (Å²) in [6.45, 7) is 3.72. The minimum atomic E-state index is -1.17. The highest BCUT2D eigenvalue weighted by Gasteiger charge is 2.54. The largest absolute Gasteiger partial charge is 0.480 e. The number of anilines is 1. The lowest BCUT2D eigenvalue weighted by atomic mass is 9.51. The molecule has 2 saturated heterocycles. The topological polar surface area (TPSA) is 122 Å². The Balaban J connectivity index is 1.05. The highest BCUT2D eigenvalue weighted by Crippen LogP contribution is 2.56. The molecule has 1 unspecified atom stereocenters. The maximum absolute atomic E-state index is 13.4. The first-order valence-corrected chi connectivity index (χ1v) is 15.0. The molecular weight excluding hydrogens is 510 g/mol. The van der Waals surface area contributed by atoms with E-state index in [0.717, 1.165) is 43.2 Å². The number of nitrogens with one attached hydrogen (secondary N) is 2. The molecule has 0 aromatic heterocycles. The average molecular weight is 552 g/mol. The zero-order valence-electron chi connectivity index (χ0n) is 23.3. The summed E-state index contributed by atoms with van der Waals surface area (Å²) in [4.78, 5) is 57.4. The Labute approximate surface area is 235 Å². The number of aliphatic carboxylic acids is 1. The molecule has 1 aromatic rings. The lowest BCUT2D eigenvalue weighted by molar-refractivity contribution is -0.146. The molecule has 216 valence electrons. The number of nitrogens with zero attached hydrogens (tertiary/aromatic N) is 3. The standard InChI is InChI=1S/C30H41N5O5/c1-2-33-18-35(23-6-4-3-5-7-23)30(28(33)39)8-10-34(11-9-30)29(40)31-17-24(27(37)38)32-26(36)25-21-13-19-12-20(15-21)16-22(25)14-19/h3-7,19-22,24-25H,2,8-18H2,1H3,(H,31,40)(H,32,36)(H,37,38). The number of amides is 4. The monoisotopic (exact) mass is 551 g/mol. The Morgan fingerprint density at radius 2 is 1.62 bits per heavy atom. The van der Waals surface area contributed by atoms with Gasteiger partial charge in [-0.2, -0.15) is 0 Å². The number of urea groups is 1. The van der Waals surface area contributed by atoms with Crippen molar-refractivity contribution < 1.29 is 24.3 Å². The maximum atomic E-state index is 13.4. The van der Waals surface area contributed by atoms with Gasteiger partial charge in [0.1, 0.15) is 11.6 Å². The van der Waals surface area contributed by atoms with Crippen molar-refractivity contribution in [2.45, 2.75) is 63.5 Å². The van der Waals surface area contributed by atoms with Gasteiger partial charge < -0.3 is 30.4 Å². The van der Waals surface area contributed by atoms with Crippen LogP contribution in [0.4, 0.5) is 10.5 Å². The molecular formula is C30H41N5O5. The van der Waals surface area contributed by atoms with Crippen molar-refractivity contribution in [3.8, 4) is 0 Å². The van der Waals surface area contributed by atoms with Crippen molar-refractivity contribution >= 4 is 29.5 Å². The summed E-state index contributed by atoms with van der Waals surface area (Å²) >= 11 is 0. The van der Waals surface area contributed by atoms with Crippen LogP contribution in [0.5, 0.6) is 0 Å². The van der Waals surface area contributed by atoms with E-state index in [-0.39, 0.29) is 30.3 Å². The van der Waals surface area contributed by atoms with Gasteiger partial charge in [-0.25, -0.2) is 9.59 Å². The number of likely N-dealkylation sites (N-methyl/N-ethyl adjacent to an activating group) is 1. The number of benzene rings is 1. The summed E-state index contributed by atoms with van der Waals surface area (Å²) in [5.41, 5.74) is 0.300. The van der Waals surface area contributed by atoms with Gasteiger partial charge in [0, 0.05) is 31.2 Å². The van der Waals surface area contributed by atoms with Gasteiger partial charge in [-0.05, 0) is 87.7 Å². The van der Waals surface area contributed by atoms with Crippen molar-refractivity contribution in [1.29, 1.82) is 0 Å². The highest BCUT2D eigenvalue weighted by atomic mass is 16.4. The van der Waals surface area contributed by atoms with Gasteiger partial charge in [-0.3, -0.25) is 9.59 Å². The first kappa shape index (κ1) is 26.9. The molecule has 4 amide bonds. The molecule has 0 radical (unpaired) electrons. The van der Waals surface area contributed by atoms with Crippen LogP contribution >= 0.6 is 0 Å². The normalized spacial score (nSPS) is 31.0. The van der Waals surface area contributed by atoms with Gasteiger partial charge in [0.15, 0.2) is 0 Å². The molecule has 2 heterocycles. The zero-order chi connectivity index (χ0) is 28.0. The predicted octanol–water partition coefficient (Wildman–Crippen LogP) is 2.50. The molecule has 10 nitrogen and oxygen atoms in total. The highest BCUT2D eigenvalue weighted by molar-refractivity contribution is 5.94. The fourth-order valence-corrected chi connectivity index (χ4v) is 8.65. The second-order valence-corrected chi connectivity index (χ2v) is 12.6. The van der Waals surface area contributed by atoms with E-state index < -0.39 is 17.6 Å². The number of carboxylic acid groups (broad SMARTS) is 1. The fraction of sp³-hybridized carbons (Fsp3) is 0.667. The number of carbonyl (C=O) groups is 4. The van der Waals surface area contributed by atoms with Gasteiger partial charge >= 0.3 is 12.0 Å². The van der Waals surface area contributed by atoms with Crippen LogP contribution in [0.2, 0.25) is 0 Å². The van der Waals surface area contributed by atoms with Crippen LogP contribution in [0, 0.1) is 29.6 Å². The second kappa shape index (κ2) is 10.6. The number of hydrogen-bond acceptors (Lipinski definition) is 5. The number of hydrogen-bond donors (Lipinski definition) is 3. The predicted molar refractivity (Wildman–Crippen MR) is 148 cm³/mol. The number of para-hydroxylation sites is 1. The van der Waals surface area contributed by atoms with Gasteiger partial charge in [0.2, 0.25) is 11.8 Å². The number of carbonyl (C=O) groups excluding carboxylic acids is 3. The Hall–Kier alpha value is -3.30. The van der Waals surface area contributed by atoms with Gasteiger partial charge in [0.25, 0.3) is 0 Å². The number of rotatable bonds is 7. The van der Waals surface area contributed by atoms with Gasteiger partial charge in [0.05, 0.1) is 13.2 Å². The lowest BCUT2D eigenvalue weighted by Crippen LogP contribution is -2.59. The fourth-order valence-electron chi connectivity index (χ4n) is 8.65. The first-order valence-electron chi connectivity index (χ1n) is 15.0. The molecule has 40 heavy (non-hydrogen) atoms. The minimum absolute atomic E-state index is 0.0948. The van der Waals surface area contributed by atoms with Crippen molar-refractivity contribution in [2.75, 3.05) is 37.7 Å². The SMILES string of the molecule is CCN1CN(c2ccccc2)C2(CCN(C(=O)NCC(NC(=O)C3C4CC5CC(C4)CC3C5)C(=O)O)CC2)C1=O. The Morgan fingerprint density at radius 1 is 1.00 bits per heavy atom. The van der Waals surface area contributed by atoms with Crippen LogP contribution in [0.25, 0.3) is 0 Å². The quantitative estimate of drug-likeness (QED) is 0.479. The Morgan fingerprint density at radius 3 is 2.20 bits per heavy atom. The average Bonchev–Trinajstić information content (AvgIpc) is 3.21. The third kappa shape index (κ3) is 4.69. The molecule has 7 rings (SSSR count). The minimum Gasteiger partial charge on any atom is -0.480 e. The molecule has 2 aliphatic heterocycles. The molecule has 4 saturated carbocycles. The van der Waals surface area contributed by atoms with E-state index in [4.69, 9.17) is 0 Å². The van der Waals surface area contributed by atoms with E-state index >= 15 is 0 Å². The molecule has 1 aromatic carbocycles. The van der Waals surface area contributed by atoms with E-state index in [2.05, 4.69) is 15.5 Å². The van der Waals surface area contributed by atoms with E-state index in [0.29, 0.717) is 51.0 Å². The van der Waals surface area contributed by atoms with Crippen molar-refractivity contribution in [3.05, 3.63) is 30.3 Å². The van der Waals surface area contributed by atoms with E-state index in [1.165, 1.54) is 6.42 Å². The second-order valence-electron chi connectivity index (χ2n) is 12.6. The van der Waals surface area contributed by atoms with Crippen molar-refractivity contribution in [1.82, 2.24) is 20.4 Å². The van der Waals surface area contributed by atoms with Crippen LogP contribution in [-0.4, -0.2) is 83.1 Å². The third-order valence-corrected chi connectivity index (χ3v) is 10.4. The van der Waals surface area contributed by atoms with E-state index in [9.17, 15) is 24.3 Å². The molecule has 1 atom stereocenters. The lowest BCUT2D eigenvalue weighted by Gasteiger charge is -2.53. The van der Waals surface area contributed by atoms with Gasteiger partial charge in [-0.1, -0.05) is 18.2 Å². The zero-order valence-corrected chi connectivity index (χ0v) is 23.3. The summed E-state index contributed by atoms with van der Waals surface area (Å²) in [6.07, 6.45) is 6.60. The van der Waals surface area contributed by atoms with Crippen molar-refractivity contribution in [2.24, 2.45) is 29.6 Å².